The second-order valence-electron chi connectivity index (χ2n) is 5.48. The molecule has 0 aliphatic rings. The van der Waals surface area contributed by atoms with Crippen LogP contribution in [0.5, 0.6) is 0 Å². The molecule has 0 fully saturated rings. The zero-order valence-corrected chi connectivity index (χ0v) is 14.3. The van der Waals surface area contributed by atoms with E-state index in [9.17, 15) is 4.79 Å². The molecule has 0 spiro atoms. The highest BCUT2D eigenvalue weighted by molar-refractivity contribution is 7.13. The summed E-state index contributed by atoms with van der Waals surface area (Å²) in [6, 6.07) is 11.1. The molecule has 2 amide bonds. The van der Waals surface area contributed by atoms with Crippen molar-refractivity contribution in [1.29, 1.82) is 0 Å². The van der Waals surface area contributed by atoms with Crippen LogP contribution >= 0.6 is 11.3 Å². The number of urea groups is 1. The lowest BCUT2D eigenvalue weighted by atomic mass is 10.1. The maximum Gasteiger partial charge on any atom is 0.319 e. The molecule has 5 nitrogen and oxygen atoms in total. The predicted octanol–water partition coefficient (Wildman–Crippen LogP) is 4.40. The highest BCUT2D eigenvalue weighted by Gasteiger charge is 2.10. The minimum absolute atomic E-state index is 0.115. The number of amides is 2. The number of hydrogen-bond acceptors (Lipinski definition) is 4. The summed E-state index contributed by atoms with van der Waals surface area (Å²) in [5, 5.41) is 8.74. The molecule has 6 heteroatoms. The third kappa shape index (κ3) is 3.97. The van der Waals surface area contributed by atoms with Gasteiger partial charge in [-0.1, -0.05) is 6.07 Å². The fourth-order valence-electron chi connectivity index (χ4n) is 2.26. The van der Waals surface area contributed by atoms with E-state index in [1.165, 1.54) is 0 Å². The van der Waals surface area contributed by atoms with E-state index >= 15 is 0 Å². The van der Waals surface area contributed by atoms with Crippen molar-refractivity contribution >= 4 is 23.1 Å². The Hall–Kier alpha value is -2.73. The van der Waals surface area contributed by atoms with E-state index in [4.69, 9.17) is 0 Å². The quantitative estimate of drug-likeness (QED) is 0.741. The SMILES string of the molecule is Cc1csc(-c2ccc(NC(=O)N[C@H](C)c3cccnc3)cc2)n1. The first-order valence-corrected chi connectivity index (χ1v) is 8.50. The Kier molecular flexibility index (Phi) is 4.86. The van der Waals surface area contributed by atoms with E-state index in [2.05, 4.69) is 20.6 Å². The van der Waals surface area contributed by atoms with Gasteiger partial charge in [0.15, 0.2) is 0 Å². The van der Waals surface area contributed by atoms with Crippen LogP contribution in [0, 0.1) is 6.92 Å². The van der Waals surface area contributed by atoms with Crippen molar-refractivity contribution in [3.63, 3.8) is 0 Å². The fourth-order valence-corrected chi connectivity index (χ4v) is 3.07. The van der Waals surface area contributed by atoms with E-state index in [1.54, 1.807) is 23.7 Å². The first-order valence-electron chi connectivity index (χ1n) is 7.62. The van der Waals surface area contributed by atoms with Crippen LogP contribution < -0.4 is 10.6 Å². The van der Waals surface area contributed by atoms with Gasteiger partial charge in [-0.3, -0.25) is 4.98 Å². The third-order valence-corrected chi connectivity index (χ3v) is 4.55. The van der Waals surface area contributed by atoms with Crippen molar-refractivity contribution in [3.05, 3.63) is 65.4 Å². The number of carbonyl (C=O) groups excluding carboxylic acids is 1. The van der Waals surface area contributed by atoms with Crippen LogP contribution in [0.2, 0.25) is 0 Å². The first kappa shape index (κ1) is 16.1. The molecule has 0 saturated carbocycles. The van der Waals surface area contributed by atoms with Gasteiger partial charge >= 0.3 is 6.03 Å². The minimum Gasteiger partial charge on any atom is -0.331 e. The molecule has 2 aromatic heterocycles. The van der Waals surface area contributed by atoms with Gasteiger partial charge in [-0.05, 0) is 49.7 Å². The molecule has 2 N–H and O–H groups in total. The van der Waals surface area contributed by atoms with Crippen LogP contribution in [0.3, 0.4) is 0 Å². The van der Waals surface area contributed by atoms with Crippen molar-refractivity contribution < 1.29 is 4.79 Å². The summed E-state index contributed by atoms with van der Waals surface area (Å²) in [4.78, 5) is 20.6. The van der Waals surface area contributed by atoms with Crippen molar-refractivity contribution in [1.82, 2.24) is 15.3 Å². The van der Waals surface area contributed by atoms with Gasteiger partial charge in [0.2, 0.25) is 0 Å². The summed E-state index contributed by atoms with van der Waals surface area (Å²) in [6.45, 7) is 3.90. The number of thiazole rings is 1. The Labute approximate surface area is 144 Å². The van der Waals surface area contributed by atoms with Gasteiger partial charge in [0.25, 0.3) is 0 Å². The molecule has 0 aliphatic carbocycles. The van der Waals surface area contributed by atoms with Crippen molar-refractivity contribution in [2.45, 2.75) is 19.9 Å². The predicted molar refractivity (Wildman–Crippen MR) is 97.1 cm³/mol. The minimum atomic E-state index is -0.246. The van der Waals surface area contributed by atoms with Crippen molar-refractivity contribution in [3.8, 4) is 10.6 Å². The normalized spacial score (nSPS) is 11.8. The number of pyridine rings is 1. The zero-order chi connectivity index (χ0) is 16.9. The lowest BCUT2D eigenvalue weighted by Crippen LogP contribution is -2.31. The van der Waals surface area contributed by atoms with E-state index in [0.717, 1.165) is 27.5 Å². The summed E-state index contributed by atoms with van der Waals surface area (Å²) in [6.07, 6.45) is 3.46. The van der Waals surface area contributed by atoms with Crippen LogP contribution in [-0.4, -0.2) is 16.0 Å². The average Bonchev–Trinajstić information content (AvgIpc) is 3.02. The molecular weight excluding hydrogens is 320 g/mol. The molecule has 1 aromatic carbocycles. The third-order valence-electron chi connectivity index (χ3n) is 3.54. The Balaban J connectivity index is 1.60. The molecule has 3 rings (SSSR count). The lowest BCUT2D eigenvalue weighted by Gasteiger charge is -2.14. The molecular formula is C18H18N4OS. The molecule has 24 heavy (non-hydrogen) atoms. The first-order chi connectivity index (χ1) is 11.6. The zero-order valence-electron chi connectivity index (χ0n) is 13.5. The summed E-state index contributed by atoms with van der Waals surface area (Å²) >= 11 is 1.61. The van der Waals surface area contributed by atoms with E-state index < -0.39 is 0 Å². The van der Waals surface area contributed by atoms with E-state index in [1.807, 2.05) is 55.6 Å². The molecule has 2 heterocycles. The van der Waals surface area contributed by atoms with Crippen LogP contribution in [0.25, 0.3) is 10.6 Å². The smallest absolute Gasteiger partial charge is 0.319 e. The van der Waals surface area contributed by atoms with Crippen LogP contribution in [0.15, 0.2) is 54.2 Å². The monoisotopic (exact) mass is 338 g/mol. The number of carbonyl (C=O) groups is 1. The van der Waals surface area contributed by atoms with Crippen LogP contribution in [-0.2, 0) is 0 Å². The molecule has 0 saturated heterocycles. The summed E-state index contributed by atoms with van der Waals surface area (Å²) in [7, 11) is 0. The number of nitrogens with zero attached hydrogens (tertiary/aromatic N) is 2. The van der Waals surface area contributed by atoms with Gasteiger partial charge in [-0.25, -0.2) is 9.78 Å². The van der Waals surface area contributed by atoms with Crippen LogP contribution in [0.1, 0.15) is 24.2 Å². The van der Waals surface area contributed by atoms with Gasteiger partial charge in [-0.2, -0.15) is 0 Å². The number of anilines is 1. The Bertz CT molecular complexity index is 815. The average molecular weight is 338 g/mol. The molecule has 0 aliphatic heterocycles. The summed E-state index contributed by atoms with van der Waals surface area (Å²) in [5.41, 5.74) is 3.76. The number of rotatable bonds is 4. The van der Waals surface area contributed by atoms with Gasteiger partial charge in [0.1, 0.15) is 5.01 Å². The van der Waals surface area contributed by atoms with E-state index in [-0.39, 0.29) is 12.1 Å². The number of nitrogens with one attached hydrogen (secondary N) is 2. The standard InChI is InChI=1S/C18H18N4OS/c1-12-11-24-17(20-12)14-5-7-16(8-6-14)22-18(23)21-13(2)15-4-3-9-19-10-15/h3-11,13H,1-2H3,(H2,21,22,23)/t13-/m1/s1. The van der Waals surface area contributed by atoms with Crippen molar-refractivity contribution in [2.24, 2.45) is 0 Å². The summed E-state index contributed by atoms with van der Waals surface area (Å²) < 4.78 is 0. The highest BCUT2D eigenvalue weighted by Crippen LogP contribution is 2.24. The van der Waals surface area contributed by atoms with Gasteiger partial charge < -0.3 is 10.6 Å². The van der Waals surface area contributed by atoms with Gasteiger partial charge in [0.05, 0.1) is 6.04 Å². The molecule has 0 bridgehead atoms. The second kappa shape index (κ2) is 7.23. The molecule has 3 aromatic rings. The fraction of sp³-hybridized carbons (Fsp3) is 0.167. The Morgan fingerprint density at radius 3 is 2.62 bits per heavy atom. The van der Waals surface area contributed by atoms with Crippen LogP contribution in [0.4, 0.5) is 10.5 Å². The number of aromatic nitrogens is 2. The number of hydrogen-bond donors (Lipinski definition) is 2. The van der Waals surface area contributed by atoms with Gasteiger partial charge in [0, 0.05) is 34.7 Å². The van der Waals surface area contributed by atoms with Crippen molar-refractivity contribution in [2.75, 3.05) is 5.32 Å². The van der Waals surface area contributed by atoms with E-state index in [0.29, 0.717) is 0 Å². The number of aryl methyl sites for hydroxylation is 1. The maximum absolute atomic E-state index is 12.1. The number of benzene rings is 1. The largest absolute Gasteiger partial charge is 0.331 e. The molecule has 122 valence electrons. The molecule has 0 unspecified atom stereocenters. The summed E-state index contributed by atoms with van der Waals surface area (Å²) in [5.74, 6) is 0. The molecule has 1 atom stereocenters. The second-order valence-corrected chi connectivity index (χ2v) is 6.34. The highest BCUT2D eigenvalue weighted by atomic mass is 32.1. The Morgan fingerprint density at radius 1 is 1.21 bits per heavy atom. The molecule has 0 radical (unpaired) electrons. The van der Waals surface area contributed by atoms with Gasteiger partial charge in [-0.15, -0.1) is 11.3 Å². The maximum atomic E-state index is 12.1. The Morgan fingerprint density at radius 2 is 2.00 bits per heavy atom. The topological polar surface area (TPSA) is 66.9 Å². The lowest BCUT2D eigenvalue weighted by molar-refractivity contribution is 0.249.